The van der Waals surface area contributed by atoms with Crippen LogP contribution in [0.5, 0.6) is 0 Å². The van der Waals surface area contributed by atoms with Crippen molar-refractivity contribution in [1.29, 1.82) is 0 Å². The Morgan fingerprint density at radius 2 is 1.12 bits per heavy atom. The van der Waals surface area contributed by atoms with Crippen LogP contribution in [0.15, 0.2) is 0 Å². The fourth-order valence-corrected chi connectivity index (χ4v) is 15.2. The van der Waals surface area contributed by atoms with E-state index in [4.69, 9.17) is 0 Å². The predicted molar refractivity (Wildman–Crippen MR) is 110 cm³/mol. The van der Waals surface area contributed by atoms with Gasteiger partial charge in [0.05, 0.1) is 0 Å². The summed E-state index contributed by atoms with van der Waals surface area (Å²) in [5.74, 6) is -2.53. The van der Waals surface area contributed by atoms with Crippen molar-refractivity contribution in [1.82, 2.24) is 18.7 Å². The Kier molecular flexibility index (Phi) is 6.65. The van der Waals surface area contributed by atoms with Crippen LogP contribution in [0.2, 0.25) is 0 Å². The average Bonchev–Trinajstić information content (AvgIpc) is 3.39. The van der Waals surface area contributed by atoms with E-state index in [1.807, 2.05) is 0 Å². The number of nitrogens with zero attached hydrogens (tertiary/aromatic N) is 4. The Morgan fingerprint density at radius 3 is 1.42 bits per heavy atom. The fourth-order valence-electron chi connectivity index (χ4n) is 5.12. The second-order valence-corrected chi connectivity index (χ2v) is 15.5. The summed E-state index contributed by atoms with van der Waals surface area (Å²) in [4.78, 5) is 0. The summed E-state index contributed by atoms with van der Waals surface area (Å²) in [6.45, 7) is 14.8. The Labute approximate surface area is 157 Å². The molecule has 0 aromatic heterocycles. The molecule has 0 aromatic carbocycles. The van der Waals surface area contributed by atoms with Crippen molar-refractivity contribution in [2.45, 2.75) is 65.2 Å². The summed E-state index contributed by atoms with van der Waals surface area (Å²) in [5.41, 5.74) is 0. The predicted octanol–water partition coefficient (Wildman–Crippen LogP) is 4.92. The number of halogens is 1. The van der Waals surface area contributed by atoms with E-state index in [0.717, 1.165) is 6.54 Å². The first-order valence-corrected chi connectivity index (χ1v) is 14.5. The van der Waals surface area contributed by atoms with Crippen LogP contribution in [0.1, 0.15) is 65.2 Å². The van der Waals surface area contributed by atoms with E-state index < -0.39 is 5.91 Å². The van der Waals surface area contributed by atoms with Gasteiger partial charge in [-0.25, -0.2) is 0 Å². The van der Waals surface area contributed by atoms with Crippen molar-refractivity contribution in [2.75, 3.05) is 52.4 Å². The number of rotatable bonds is 8. The van der Waals surface area contributed by atoms with E-state index in [9.17, 15) is 0 Å². The molecule has 0 saturated carbocycles. The van der Waals surface area contributed by atoms with E-state index in [1.165, 1.54) is 97.2 Å². The zero-order valence-electron chi connectivity index (χ0n) is 15.9. The Balaban J connectivity index is 2.06. The standard InChI is InChI=1S/C18H38BrN4P/c1-3-5-12-20(4-2)24(19,21-13-6-7-14-21,22-15-8-9-16-22)23-17-10-11-18-23/h3-18H2,1-2H3. The van der Waals surface area contributed by atoms with Gasteiger partial charge in [-0.05, 0) is 0 Å². The van der Waals surface area contributed by atoms with Crippen molar-refractivity contribution in [3.8, 4) is 0 Å². The van der Waals surface area contributed by atoms with Crippen LogP contribution < -0.4 is 0 Å². The second kappa shape index (κ2) is 8.19. The molecule has 3 saturated heterocycles. The summed E-state index contributed by atoms with van der Waals surface area (Å²) in [6.07, 6.45) is 10.8. The zero-order chi connectivity index (χ0) is 17.1. The van der Waals surface area contributed by atoms with Crippen molar-refractivity contribution in [3.05, 3.63) is 0 Å². The van der Waals surface area contributed by atoms with Crippen LogP contribution in [0, 0.1) is 0 Å². The molecular weight excluding hydrogens is 383 g/mol. The Hall–Kier alpha value is 0.750. The van der Waals surface area contributed by atoms with Crippen molar-refractivity contribution >= 4 is 21.4 Å². The van der Waals surface area contributed by atoms with E-state index in [-0.39, 0.29) is 0 Å². The first-order valence-electron chi connectivity index (χ1n) is 10.4. The van der Waals surface area contributed by atoms with Crippen LogP contribution in [0.3, 0.4) is 0 Å². The van der Waals surface area contributed by atoms with Crippen LogP contribution in [-0.2, 0) is 0 Å². The molecule has 0 radical (unpaired) electrons. The molecule has 0 spiro atoms. The maximum absolute atomic E-state index is 4.66. The first-order chi connectivity index (χ1) is 11.7. The molecule has 0 aromatic rings. The minimum absolute atomic E-state index is 1.16. The molecule has 3 aliphatic heterocycles. The molecule has 0 bridgehead atoms. The molecule has 0 atom stereocenters. The third-order valence-electron chi connectivity index (χ3n) is 6.33. The molecule has 0 aliphatic carbocycles. The molecule has 0 unspecified atom stereocenters. The molecule has 3 aliphatic rings. The topological polar surface area (TPSA) is 13.0 Å². The van der Waals surface area contributed by atoms with Crippen LogP contribution in [0.25, 0.3) is 0 Å². The first kappa shape index (κ1) is 19.5. The van der Waals surface area contributed by atoms with Crippen molar-refractivity contribution in [3.63, 3.8) is 0 Å². The van der Waals surface area contributed by atoms with Gasteiger partial charge < -0.3 is 0 Å². The van der Waals surface area contributed by atoms with Crippen LogP contribution in [-0.4, -0.2) is 71.0 Å². The fraction of sp³-hybridized carbons (Fsp3) is 1.00. The van der Waals surface area contributed by atoms with Gasteiger partial charge in [0, 0.05) is 0 Å². The quantitative estimate of drug-likeness (QED) is 0.516. The molecule has 142 valence electrons. The average molecular weight is 421 g/mol. The molecule has 3 rings (SSSR count). The Bertz CT molecular complexity index is 360. The van der Waals surface area contributed by atoms with Gasteiger partial charge in [0.25, 0.3) is 0 Å². The van der Waals surface area contributed by atoms with Crippen LogP contribution >= 0.6 is 21.4 Å². The number of unbranched alkanes of at least 4 members (excludes halogenated alkanes) is 1. The summed E-state index contributed by atoms with van der Waals surface area (Å²) < 4.78 is 11.7. The van der Waals surface area contributed by atoms with E-state index >= 15 is 0 Å². The van der Waals surface area contributed by atoms with Gasteiger partial charge in [0.2, 0.25) is 0 Å². The van der Waals surface area contributed by atoms with Gasteiger partial charge in [0.1, 0.15) is 0 Å². The number of hydrogen-bond acceptors (Lipinski definition) is 4. The minimum atomic E-state index is -2.53. The number of hydrogen-bond donors (Lipinski definition) is 0. The summed E-state index contributed by atoms with van der Waals surface area (Å²) in [6, 6.07) is 0. The van der Waals surface area contributed by atoms with Gasteiger partial charge in [-0.2, -0.15) is 0 Å². The van der Waals surface area contributed by atoms with Gasteiger partial charge in [-0.1, -0.05) is 0 Å². The third kappa shape index (κ3) is 3.01. The normalized spacial score (nSPS) is 26.4. The van der Waals surface area contributed by atoms with Crippen molar-refractivity contribution in [2.24, 2.45) is 0 Å². The Morgan fingerprint density at radius 1 is 0.750 bits per heavy atom. The van der Waals surface area contributed by atoms with E-state index in [2.05, 4.69) is 48.0 Å². The van der Waals surface area contributed by atoms with Crippen molar-refractivity contribution < 1.29 is 0 Å². The molecule has 0 N–H and O–H groups in total. The molecule has 0 amide bonds. The second-order valence-electron chi connectivity index (χ2n) is 7.72. The van der Waals surface area contributed by atoms with E-state index in [0.29, 0.717) is 0 Å². The van der Waals surface area contributed by atoms with Gasteiger partial charge in [-0.3, -0.25) is 0 Å². The van der Waals surface area contributed by atoms with Crippen LogP contribution in [0.4, 0.5) is 0 Å². The maximum atomic E-state index is 4.66. The molecule has 24 heavy (non-hydrogen) atoms. The summed E-state index contributed by atoms with van der Waals surface area (Å²) >= 11 is 4.66. The molecular formula is C18H38BrN4P. The zero-order valence-corrected chi connectivity index (χ0v) is 18.4. The van der Waals surface area contributed by atoms with E-state index in [1.54, 1.807) is 0 Å². The SMILES string of the molecule is CCCCN(CC)P(Br)(N1CCCC1)(N1CCCC1)N1CCCC1. The molecule has 3 fully saturated rings. The van der Waals surface area contributed by atoms with Gasteiger partial charge in [0.15, 0.2) is 0 Å². The molecule has 4 nitrogen and oxygen atoms in total. The summed E-state index contributed by atoms with van der Waals surface area (Å²) in [5, 5.41) is 0. The molecule has 3 heterocycles. The monoisotopic (exact) mass is 420 g/mol. The van der Waals surface area contributed by atoms with Gasteiger partial charge >= 0.3 is 158 Å². The molecule has 6 heteroatoms. The third-order valence-corrected chi connectivity index (χ3v) is 17.3. The van der Waals surface area contributed by atoms with Gasteiger partial charge in [-0.15, -0.1) is 0 Å². The summed E-state index contributed by atoms with van der Waals surface area (Å²) in [7, 11) is 0.